The molecule has 14 heteroatoms. The standard InChI is InChI=1S/C11H15N4O9P/c16-5-7(17)6-23-25(20,21)22-4-3-12-8-1-2-9(15(18)19)11-10(8)13-24-14-11/h1-2,7,12,16-17H,3-6H2,(H,20,21). The summed E-state index contributed by atoms with van der Waals surface area (Å²) in [4.78, 5) is 19.6. The number of nitro groups is 1. The highest BCUT2D eigenvalue weighted by Crippen LogP contribution is 2.43. The molecule has 2 atom stereocenters. The van der Waals surface area contributed by atoms with Crippen molar-refractivity contribution in [3.8, 4) is 0 Å². The van der Waals surface area contributed by atoms with Crippen LogP contribution in [-0.4, -0.2) is 62.8 Å². The Hall–Kier alpha value is -2.15. The molecule has 4 N–H and O–H groups in total. The van der Waals surface area contributed by atoms with E-state index in [9.17, 15) is 19.6 Å². The van der Waals surface area contributed by atoms with Crippen molar-refractivity contribution in [1.82, 2.24) is 10.3 Å². The third kappa shape index (κ3) is 5.16. The van der Waals surface area contributed by atoms with Crippen molar-refractivity contribution < 1.29 is 38.3 Å². The molecule has 0 aliphatic rings. The molecule has 1 heterocycles. The first-order valence-electron chi connectivity index (χ1n) is 6.88. The van der Waals surface area contributed by atoms with Gasteiger partial charge in [0.25, 0.3) is 0 Å². The van der Waals surface area contributed by atoms with E-state index in [1.165, 1.54) is 12.1 Å². The Balaban J connectivity index is 1.89. The minimum atomic E-state index is -4.38. The lowest BCUT2D eigenvalue weighted by molar-refractivity contribution is -0.383. The van der Waals surface area contributed by atoms with Crippen LogP contribution in [0.25, 0.3) is 11.0 Å². The van der Waals surface area contributed by atoms with Crippen LogP contribution in [0, 0.1) is 10.1 Å². The molecule has 0 radical (unpaired) electrons. The third-order valence-electron chi connectivity index (χ3n) is 2.90. The van der Waals surface area contributed by atoms with Gasteiger partial charge in [-0.15, -0.1) is 0 Å². The molecule has 0 aliphatic carbocycles. The lowest BCUT2D eigenvalue weighted by Gasteiger charge is -2.14. The lowest BCUT2D eigenvalue weighted by atomic mass is 10.2. The van der Waals surface area contributed by atoms with Gasteiger partial charge in [-0.3, -0.25) is 19.2 Å². The fraction of sp³-hybridized carbons (Fsp3) is 0.455. The summed E-state index contributed by atoms with van der Waals surface area (Å²) >= 11 is 0. The quantitative estimate of drug-likeness (QED) is 0.188. The number of hydrogen-bond acceptors (Lipinski definition) is 11. The molecule has 25 heavy (non-hydrogen) atoms. The van der Waals surface area contributed by atoms with Crippen LogP contribution >= 0.6 is 7.82 Å². The van der Waals surface area contributed by atoms with Gasteiger partial charge in [0.15, 0.2) is 5.52 Å². The van der Waals surface area contributed by atoms with Crippen LogP contribution in [0.4, 0.5) is 11.4 Å². The van der Waals surface area contributed by atoms with Crippen molar-refractivity contribution in [2.45, 2.75) is 6.10 Å². The molecule has 0 saturated heterocycles. The van der Waals surface area contributed by atoms with Gasteiger partial charge in [-0.2, -0.15) is 0 Å². The zero-order chi connectivity index (χ0) is 18.4. The minimum Gasteiger partial charge on any atom is -0.394 e. The van der Waals surface area contributed by atoms with Gasteiger partial charge in [0.1, 0.15) is 6.10 Å². The Kier molecular flexibility index (Phi) is 6.36. The van der Waals surface area contributed by atoms with E-state index < -0.39 is 32.1 Å². The van der Waals surface area contributed by atoms with Crippen molar-refractivity contribution in [2.24, 2.45) is 0 Å². The van der Waals surface area contributed by atoms with Gasteiger partial charge < -0.3 is 20.4 Å². The topological polar surface area (TPSA) is 190 Å². The van der Waals surface area contributed by atoms with Gasteiger partial charge in [-0.25, -0.2) is 9.19 Å². The van der Waals surface area contributed by atoms with Crippen LogP contribution in [-0.2, 0) is 13.6 Å². The molecule has 138 valence electrons. The number of rotatable bonds is 10. The first-order valence-corrected chi connectivity index (χ1v) is 8.38. The molecule has 13 nitrogen and oxygen atoms in total. The summed E-state index contributed by atoms with van der Waals surface area (Å²) in [5, 5.41) is 38.3. The number of benzene rings is 1. The monoisotopic (exact) mass is 378 g/mol. The molecule has 1 aromatic carbocycles. The smallest absolute Gasteiger partial charge is 0.394 e. The van der Waals surface area contributed by atoms with Gasteiger partial charge >= 0.3 is 13.5 Å². The average molecular weight is 378 g/mol. The van der Waals surface area contributed by atoms with E-state index in [0.29, 0.717) is 5.69 Å². The van der Waals surface area contributed by atoms with Crippen molar-refractivity contribution in [1.29, 1.82) is 0 Å². The van der Waals surface area contributed by atoms with Crippen LogP contribution in [0.1, 0.15) is 0 Å². The van der Waals surface area contributed by atoms with E-state index in [1.54, 1.807) is 0 Å². The maximum Gasteiger partial charge on any atom is 0.472 e. The maximum absolute atomic E-state index is 11.5. The van der Waals surface area contributed by atoms with E-state index in [1.807, 2.05) is 0 Å². The van der Waals surface area contributed by atoms with Crippen molar-refractivity contribution >= 4 is 30.2 Å². The SMILES string of the molecule is O=[N+]([O-])c1ccc(NCCOP(=O)(O)OCC(O)CO)c2nonc12. The second-order valence-electron chi connectivity index (χ2n) is 4.71. The summed E-state index contributed by atoms with van der Waals surface area (Å²) in [7, 11) is -4.38. The highest BCUT2D eigenvalue weighted by Gasteiger charge is 2.23. The number of phosphoric acid groups is 1. The average Bonchev–Trinajstić information content (AvgIpc) is 3.06. The molecule has 0 aliphatic heterocycles. The Morgan fingerprint density at radius 3 is 2.76 bits per heavy atom. The van der Waals surface area contributed by atoms with Crippen LogP contribution in [0.15, 0.2) is 16.8 Å². The van der Waals surface area contributed by atoms with Gasteiger partial charge in [-0.05, 0) is 16.4 Å². The molecular weight excluding hydrogens is 363 g/mol. The van der Waals surface area contributed by atoms with E-state index in [4.69, 9.17) is 10.2 Å². The maximum atomic E-state index is 11.5. The highest BCUT2D eigenvalue weighted by molar-refractivity contribution is 7.47. The number of nitrogens with zero attached hydrogens (tertiary/aromatic N) is 3. The molecule has 0 spiro atoms. The summed E-state index contributed by atoms with van der Waals surface area (Å²) in [6.45, 7) is -1.41. The molecule has 1 aromatic heterocycles. The van der Waals surface area contributed by atoms with Crippen LogP contribution in [0.3, 0.4) is 0 Å². The Morgan fingerprint density at radius 1 is 1.36 bits per heavy atom. The van der Waals surface area contributed by atoms with E-state index in [0.717, 1.165) is 0 Å². The van der Waals surface area contributed by atoms with Gasteiger partial charge in [0.2, 0.25) is 5.52 Å². The lowest BCUT2D eigenvalue weighted by Crippen LogP contribution is -2.19. The number of non-ortho nitro benzene ring substituents is 1. The number of fused-ring (bicyclic) bond motifs is 1. The van der Waals surface area contributed by atoms with Crippen molar-refractivity contribution in [3.05, 3.63) is 22.2 Å². The summed E-state index contributed by atoms with van der Waals surface area (Å²) in [5.74, 6) is 0. The van der Waals surface area contributed by atoms with E-state index in [2.05, 4.69) is 29.3 Å². The van der Waals surface area contributed by atoms with Gasteiger partial charge in [-0.1, -0.05) is 0 Å². The Labute approximate surface area is 139 Å². The van der Waals surface area contributed by atoms with Crippen LogP contribution < -0.4 is 5.32 Å². The number of aliphatic hydroxyl groups is 2. The predicted octanol–water partition coefficient (Wildman–Crippen LogP) is 0.0297. The normalized spacial score (nSPS) is 15.0. The number of anilines is 1. The third-order valence-corrected chi connectivity index (χ3v) is 3.89. The number of phosphoric ester groups is 1. The molecule has 2 rings (SSSR count). The van der Waals surface area contributed by atoms with E-state index in [-0.39, 0.29) is 29.9 Å². The molecule has 0 amide bonds. The number of hydrogen-bond donors (Lipinski definition) is 4. The van der Waals surface area contributed by atoms with Gasteiger partial charge in [0, 0.05) is 12.6 Å². The molecule has 0 saturated carbocycles. The molecule has 0 fully saturated rings. The summed E-state index contributed by atoms with van der Waals surface area (Å²) in [6, 6.07) is 2.60. The van der Waals surface area contributed by atoms with Crippen molar-refractivity contribution in [2.75, 3.05) is 31.7 Å². The zero-order valence-corrected chi connectivity index (χ0v) is 13.5. The molecule has 0 bridgehead atoms. The second kappa shape index (κ2) is 8.29. The first-order chi connectivity index (χ1) is 11.8. The molecular formula is C11H15N4O9P. The number of aliphatic hydroxyl groups excluding tert-OH is 2. The largest absolute Gasteiger partial charge is 0.472 e. The zero-order valence-electron chi connectivity index (χ0n) is 12.6. The van der Waals surface area contributed by atoms with E-state index >= 15 is 0 Å². The van der Waals surface area contributed by atoms with Crippen LogP contribution in [0.2, 0.25) is 0 Å². The van der Waals surface area contributed by atoms with Gasteiger partial charge in [0.05, 0.1) is 30.4 Å². The first kappa shape index (κ1) is 19.2. The highest BCUT2D eigenvalue weighted by atomic mass is 31.2. The van der Waals surface area contributed by atoms with Crippen LogP contribution in [0.5, 0.6) is 0 Å². The number of aromatic nitrogens is 2. The Morgan fingerprint density at radius 2 is 2.08 bits per heavy atom. The van der Waals surface area contributed by atoms with Crippen molar-refractivity contribution in [3.63, 3.8) is 0 Å². The summed E-state index contributed by atoms with van der Waals surface area (Å²) < 4.78 is 25.2. The molecule has 2 unspecified atom stereocenters. The Bertz CT molecular complexity index is 782. The summed E-state index contributed by atoms with van der Waals surface area (Å²) in [5.41, 5.74) is 0.178. The fourth-order valence-electron chi connectivity index (χ4n) is 1.76. The number of nitro benzene ring substituents is 1. The number of nitrogens with one attached hydrogen (secondary N) is 1. The second-order valence-corrected chi connectivity index (χ2v) is 6.17. The minimum absolute atomic E-state index is 0.0370. The predicted molar refractivity (Wildman–Crippen MR) is 81.8 cm³/mol. The fourth-order valence-corrected chi connectivity index (χ4v) is 2.52. The molecule has 2 aromatic rings. The summed E-state index contributed by atoms with van der Waals surface area (Å²) in [6.07, 6.45) is -1.30.